The van der Waals surface area contributed by atoms with Gasteiger partial charge in [0.1, 0.15) is 11.2 Å². The maximum absolute atomic E-state index is 6.78. The third kappa shape index (κ3) is 5.90. The molecule has 2 heteroatoms. The molecule has 9 rings (SSSR count). The number of rotatable bonds is 9. The zero-order valence-corrected chi connectivity index (χ0v) is 29.8. The molecule has 54 heavy (non-hydrogen) atoms. The Balaban J connectivity index is 1.27. The van der Waals surface area contributed by atoms with Crippen LogP contribution in [0.25, 0.3) is 71.7 Å². The highest BCUT2D eigenvalue weighted by Gasteiger charge is 2.23. The summed E-state index contributed by atoms with van der Waals surface area (Å²) in [4.78, 5) is 2.38. The van der Waals surface area contributed by atoms with E-state index in [0.29, 0.717) is 0 Å². The van der Waals surface area contributed by atoms with Crippen LogP contribution in [0.4, 0.5) is 17.1 Å². The first-order chi connectivity index (χ1) is 26.7. The lowest BCUT2D eigenvalue weighted by atomic mass is 9.96. The van der Waals surface area contributed by atoms with Gasteiger partial charge in [-0.3, -0.25) is 0 Å². The largest absolute Gasteiger partial charge is 0.455 e. The van der Waals surface area contributed by atoms with Crippen molar-refractivity contribution < 1.29 is 4.42 Å². The number of furan rings is 1. The molecule has 0 saturated carbocycles. The third-order valence-electron chi connectivity index (χ3n) is 10.2. The van der Waals surface area contributed by atoms with Gasteiger partial charge in [-0.25, -0.2) is 0 Å². The summed E-state index contributed by atoms with van der Waals surface area (Å²) in [5.74, 6) is 0. The summed E-state index contributed by atoms with van der Waals surface area (Å²) >= 11 is 0. The van der Waals surface area contributed by atoms with Gasteiger partial charge in [-0.05, 0) is 75.0 Å². The molecule has 0 aliphatic rings. The van der Waals surface area contributed by atoms with Gasteiger partial charge in [0, 0.05) is 33.2 Å². The van der Waals surface area contributed by atoms with E-state index in [9.17, 15) is 0 Å². The first kappa shape index (κ1) is 32.7. The fourth-order valence-corrected chi connectivity index (χ4v) is 7.62. The van der Waals surface area contributed by atoms with E-state index in [1.807, 2.05) is 18.2 Å². The lowest BCUT2D eigenvalue weighted by Crippen LogP contribution is -2.12. The Labute approximate surface area is 315 Å². The van der Waals surface area contributed by atoms with Crippen LogP contribution in [-0.4, -0.2) is 0 Å². The Morgan fingerprint density at radius 1 is 0.481 bits per heavy atom. The zero-order valence-electron chi connectivity index (χ0n) is 29.8. The molecular formula is C52H37NO. The Kier molecular flexibility index (Phi) is 8.55. The summed E-state index contributed by atoms with van der Waals surface area (Å²) in [6, 6.07) is 64.7. The molecule has 0 aliphatic carbocycles. The van der Waals surface area contributed by atoms with Crippen LogP contribution in [0.2, 0.25) is 0 Å². The second-order valence-electron chi connectivity index (χ2n) is 13.4. The molecule has 2 nitrogen and oxygen atoms in total. The maximum atomic E-state index is 6.78. The van der Waals surface area contributed by atoms with Crippen molar-refractivity contribution in [3.05, 3.63) is 219 Å². The van der Waals surface area contributed by atoms with Gasteiger partial charge in [-0.1, -0.05) is 177 Å². The number of benzene rings is 8. The summed E-state index contributed by atoms with van der Waals surface area (Å²) in [6.45, 7) is 8.06. The van der Waals surface area contributed by atoms with Gasteiger partial charge in [0.05, 0.1) is 11.4 Å². The molecule has 256 valence electrons. The third-order valence-corrected chi connectivity index (χ3v) is 10.2. The minimum Gasteiger partial charge on any atom is -0.455 e. The number of hydrogen-bond donors (Lipinski definition) is 0. The smallest absolute Gasteiger partial charge is 0.143 e. The molecule has 0 atom stereocenters. The average molecular weight is 692 g/mol. The summed E-state index contributed by atoms with van der Waals surface area (Å²) < 4.78 is 6.78. The van der Waals surface area contributed by atoms with Crippen molar-refractivity contribution in [3.63, 3.8) is 0 Å². The second kappa shape index (κ2) is 14.1. The Morgan fingerprint density at radius 3 is 1.85 bits per heavy atom. The van der Waals surface area contributed by atoms with Crippen molar-refractivity contribution in [1.29, 1.82) is 0 Å². The van der Waals surface area contributed by atoms with Crippen LogP contribution in [0, 0.1) is 0 Å². The van der Waals surface area contributed by atoms with Crippen molar-refractivity contribution in [2.75, 3.05) is 4.90 Å². The van der Waals surface area contributed by atoms with E-state index in [1.165, 1.54) is 16.5 Å². The van der Waals surface area contributed by atoms with E-state index < -0.39 is 0 Å². The van der Waals surface area contributed by atoms with Gasteiger partial charge in [-0.2, -0.15) is 0 Å². The minimum absolute atomic E-state index is 0.872. The van der Waals surface area contributed by atoms with E-state index in [-0.39, 0.29) is 0 Å². The highest BCUT2D eigenvalue weighted by molar-refractivity contribution is 6.14. The lowest BCUT2D eigenvalue weighted by molar-refractivity contribution is 0.670. The average Bonchev–Trinajstić information content (AvgIpc) is 3.60. The quantitative estimate of drug-likeness (QED) is 0.140. The molecule has 0 fully saturated rings. The number of anilines is 3. The SMILES string of the molecule is C=C/C=C(\C=C)c1cccc(N(c2ccccc2-c2ccc(-c3ccccc3)cc2)c2ccccc2-c2cccc3c2oc2cc4ccccc4cc23)c1. The minimum atomic E-state index is 0.872. The van der Waals surface area contributed by atoms with Gasteiger partial charge in [-0.15, -0.1) is 0 Å². The van der Waals surface area contributed by atoms with Gasteiger partial charge >= 0.3 is 0 Å². The number of fused-ring (bicyclic) bond motifs is 4. The molecule has 0 radical (unpaired) electrons. The predicted octanol–water partition coefficient (Wildman–Crippen LogP) is 15.0. The van der Waals surface area contributed by atoms with E-state index in [1.54, 1.807) is 0 Å². The summed E-state index contributed by atoms with van der Waals surface area (Å²) in [5.41, 5.74) is 13.7. The Hall–Kier alpha value is -7.16. The number of nitrogens with zero attached hydrogens (tertiary/aromatic N) is 1. The van der Waals surface area contributed by atoms with Crippen LogP contribution in [0.15, 0.2) is 218 Å². The van der Waals surface area contributed by atoms with E-state index in [0.717, 1.165) is 77.8 Å². The molecule has 0 saturated heterocycles. The normalized spacial score (nSPS) is 11.6. The van der Waals surface area contributed by atoms with Crippen LogP contribution in [0.1, 0.15) is 5.56 Å². The molecule has 0 N–H and O–H groups in total. The number of para-hydroxylation sites is 3. The van der Waals surface area contributed by atoms with Crippen molar-refractivity contribution in [2.24, 2.45) is 0 Å². The molecule has 0 amide bonds. The molecule has 0 aliphatic heterocycles. The highest BCUT2D eigenvalue weighted by Crippen LogP contribution is 2.47. The first-order valence-corrected chi connectivity index (χ1v) is 18.2. The fraction of sp³-hybridized carbons (Fsp3) is 0. The molecule has 0 unspecified atom stereocenters. The van der Waals surface area contributed by atoms with Crippen LogP contribution >= 0.6 is 0 Å². The summed E-state index contributed by atoms with van der Waals surface area (Å²) in [6.07, 6.45) is 5.69. The molecule has 8 aromatic carbocycles. The molecule has 1 heterocycles. The zero-order chi connectivity index (χ0) is 36.4. The monoisotopic (exact) mass is 691 g/mol. The van der Waals surface area contributed by atoms with Gasteiger partial charge in [0.25, 0.3) is 0 Å². The maximum Gasteiger partial charge on any atom is 0.143 e. The van der Waals surface area contributed by atoms with Crippen LogP contribution in [0.5, 0.6) is 0 Å². The van der Waals surface area contributed by atoms with Crippen molar-refractivity contribution in [2.45, 2.75) is 0 Å². The molecule has 0 bridgehead atoms. The number of hydrogen-bond acceptors (Lipinski definition) is 2. The lowest BCUT2D eigenvalue weighted by Gasteiger charge is -2.30. The standard InChI is InChI=1S/C52H37NO/c1-3-16-36(4-2)40-21-14-22-43(33-40)53(49-27-12-10-23-44(49)39-31-29-38(30-32-39)37-17-6-5-7-18-37)50-28-13-11-24-45(50)46-25-15-26-47-48-34-41-19-8-9-20-42(41)35-51(48)54-52(46)47/h3-35H,1-2H2/b36-16+. The van der Waals surface area contributed by atoms with E-state index in [2.05, 4.69) is 200 Å². The van der Waals surface area contributed by atoms with E-state index >= 15 is 0 Å². The van der Waals surface area contributed by atoms with Crippen molar-refractivity contribution in [3.8, 4) is 33.4 Å². The summed E-state index contributed by atoms with van der Waals surface area (Å²) in [7, 11) is 0. The predicted molar refractivity (Wildman–Crippen MR) is 231 cm³/mol. The van der Waals surface area contributed by atoms with Crippen LogP contribution in [-0.2, 0) is 0 Å². The molecule has 9 aromatic rings. The fourth-order valence-electron chi connectivity index (χ4n) is 7.62. The van der Waals surface area contributed by atoms with E-state index in [4.69, 9.17) is 4.42 Å². The molecular weight excluding hydrogens is 655 g/mol. The topological polar surface area (TPSA) is 16.4 Å². The second-order valence-corrected chi connectivity index (χ2v) is 13.4. The first-order valence-electron chi connectivity index (χ1n) is 18.2. The Morgan fingerprint density at radius 2 is 1.09 bits per heavy atom. The van der Waals surface area contributed by atoms with Gasteiger partial charge < -0.3 is 9.32 Å². The molecule has 0 spiro atoms. The Bertz CT molecular complexity index is 2860. The van der Waals surface area contributed by atoms with Gasteiger partial charge in [0.15, 0.2) is 0 Å². The summed E-state index contributed by atoms with van der Waals surface area (Å²) in [5, 5.41) is 4.57. The van der Waals surface area contributed by atoms with Crippen LogP contribution in [0.3, 0.4) is 0 Å². The van der Waals surface area contributed by atoms with Crippen LogP contribution < -0.4 is 4.90 Å². The number of allylic oxidation sites excluding steroid dienone is 4. The van der Waals surface area contributed by atoms with Crippen molar-refractivity contribution in [1.82, 2.24) is 0 Å². The molecule has 1 aromatic heterocycles. The van der Waals surface area contributed by atoms with Crippen molar-refractivity contribution >= 4 is 55.3 Å². The van der Waals surface area contributed by atoms with Gasteiger partial charge in [0.2, 0.25) is 0 Å². The highest BCUT2D eigenvalue weighted by atomic mass is 16.3.